The van der Waals surface area contributed by atoms with Crippen molar-refractivity contribution in [3.63, 3.8) is 0 Å². The highest BCUT2D eigenvalue weighted by atomic mass is 35.5. The van der Waals surface area contributed by atoms with Crippen molar-refractivity contribution in [3.8, 4) is 5.75 Å². The third-order valence-corrected chi connectivity index (χ3v) is 4.69. The quantitative estimate of drug-likeness (QED) is 0.592. The van der Waals surface area contributed by atoms with Crippen LogP contribution in [0.25, 0.3) is 0 Å². The number of hydrogen-bond donors (Lipinski definition) is 0. The Bertz CT molecular complexity index is 1010. The van der Waals surface area contributed by atoms with Crippen molar-refractivity contribution in [1.82, 2.24) is 0 Å². The fourth-order valence-electron chi connectivity index (χ4n) is 3.26. The Morgan fingerprint density at radius 1 is 1.07 bits per heavy atom. The number of carbonyl (C=O) groups excluding carboxylic acids is 2. The lowest BCUT2D eigenvalue weighted by Crippen LogP contribution is -2.39. The third kappa shape index (κ3) is 4.09. The maximum absolute atomic E-state index is 13.3. The van der Waals surface area contributed by atoms with Crippen LogP contribution in [0, 0.1) is 0 Å². The van der Waals surface area contributed by atoms with Crippen LogP contribution in [0.3, 0.4) is 0 Å². The van der Waals surface area contributed by atoms with Gasteiger partial charge in [-0.1, -0.05) is 23.7 Å². The van der Waals surface area contributed by atoms with E-state index in [1.165, 1.54) is 25.3 Å². The monoisotopic (exact) mass is 441 g/mol. The molecule has 1 unspecified atom stereocenters. The number of alkyl halides is 3. The fourth-order valence-corrected chi connectivity index (χ4v) is 3.42. The zero-order valence-electron chi connectivity index (χ0n) is 16.6. The van der Waals surface area contributed by atoms with Crippen LogP contribution in [-0.4, -0.2) is 24.7 Å². The first-order chi connectivity index (χ1) is 13.8. The second-order valence-electron chi connectivity index (χ2n) is 7.74. The van der Waals surface area contributed by atoms with Crippen molar-refractivity contribution in [2.45, 2.75) is 38.5 Å². The summed E-state index contributed by atoms with van der Waals surface area (Å²) in [4.78, 5) is 26.6. The largest absolute Gasteiger partial charge is 0.496 e. The van der Waals surface area contributed by atoms with Gasteiger partial charge in [-0.2, -0.15) is 13.2 Å². The van der Waals surface area contributed by atoms with Gasteiger partial charge < -0.3 is 9.47 Å². The number of carbonyl (C=O) groups is 2. The highest BCUT2D eigenvalue weighted by molar-refractivity contribution is 6.30. The molecule has 0 bridgehead atoms. The SMILES string of the molecule is COc1cc(Cl)ccc1C1C(=O)N(C(=O)OC(C)(C)C)c2cc(C(F)(F)F)ccc21. The van der Waals surface area contributed by atoms with E-state index in [2.05, 4.69) is 0 Å². The van der Waals surface area contributed by atoms with Crippen LogP contribution in [0.1, 0.15) is 43.4 Å². The van der Waals surface area contributed by atoms with Gasteiger partial charge in [0.1, 0.15) is 11.4 Å². The number of nitrogens with zero attached hydrogens (tertiary/aromatic N) is 1. The molecule has 0 fully saturated rings. The van der Waals surface area contributed by atoms with E-state index in [4.69, 9.17) is 21.1 Å². The summed E-state index contributed by atoms with van der Waals surface area (Å²) < 4.78 is 50.4. The maximum Gasteiger partial charge on any atom is 0.421 e. The van der Waals surface area contributed by atoms with Crippen LogP contribution in [0.5, 0.6) is 5.75 Å². The number of anilines is 1. The molecule has 0 aliphatic carbocycles. The molecule has 0 saturated heterocycles. The molecule has 0 aromatic heterocycles. The van der Waals surface area contributed by atoms with E-state index in [1.807, 2.05) is 0 Å². The molecule has 1 aliphatic rings. The number of amides is 2. The molecule has 30 heavy (non-hydrogen) atoms. The molecule has 1 heterocycles. The zero-order chi connectivity index (χ0) is 22.4. The number of benzene rings is 2. The topological polar surface area (TPSA) is 55.8 Å². The van der Waals surface area contributed by atoms with Crippen molar-refractivity contribution in [2.75, 3.05) is 12.0 Å². The standard InChI is InChI=1S/C21H19ClF3NO4/c1-20(2,3)30-19(28)26-15-9-11(21(23,24)25)5-7-13(15)17(18(26)27)14-8-6-12(22)10-16(14)29-4/h5-10,17H,1-4H3. The second kappa shape index (κ2) is 7.50. The van der Waals surface area contributed by atoms with Crippen LogP contribution in [-0.2, 0) is 15.7 Å². The van der Waals surface area contributed by atoms with E-state index in [1.54, 1.807) is 26.8 Å². The molecule has 0 radical (unpaired) electrons. The van der Waals surface area contributed by atoms with E-state index in [-0.39, 0.29) is 17.0 Å². The van der Waals surface area contributed by atoms with Crippen molar-refractivity contribution < 1.29 is 32.2 Å². The summed E-state index contributed by atoms with van der Waals surface area (Å²) in [6.45, 7) is 4.79. The lowest BCUT2D eigenvalue weighted by atomic mass is 9.91. The lowest BCUT2D eigenvalue weighted by molar-refractivity contribution is -0.137. The van der Waals surface area contributed by atoms with Crippen molar-refractivity contribution in [3.05, 3.63) is 58.1 Å². The van der Waals surface area contributed by atoms with Gasteiger partial charge in [0.2, 0.25) is 5.91 Å². The van der Waals surface area contributed by atoms with Crippen molar-refractivity contribution in [1.29, 1.82) is 0 Å². The normalized spacial score (nSPS) is 16.5. The average Bonchev–Trinajstić information content (AvgIpc) is 2.90. The molecule has 3 rings (SSSR count). The molecular weight excluding hydrogens is 423 g/mol. The van der Waals surface area contributed by atoms with E-state index in [0.29, 0.717) is 15.5 Å². The van der Waals surface area contributed by atoms with Crippen LogP contribution in [0.2, 0.25) is 5.02 Å². The Morgan fingerprint density at radius 2 is 1.70 bits per heavy atom. The number of methoxy groups -OCH3 is 1. The molecule has 9 heteroatoms. The number of imide groups is 1. The van der Waals surface area contributed by atoms with Gasteiger partial charge in [0.25, 0.3) is 0 Å². The molecule has 2 amide bonds. The molecule has 0 spiro atoms. The van der Waals surface area contributed by atoms with E-state index >= 15 is 0 Å². The number of hydrogen-bond acceptors (Lipinski definition) is 4. The third-order valence-electron chi connectivity index (χ3n) is 4.46. The van der Waals surface area contributed by atoms with Gasteiger partial charge in [-0.3, -0.25) is 4.79 Å². The molecular formula is C21H19ClF3NO4. The molecule has 2 aromatic carbocycles. The summed E-state index contributed by atoms with van der Waals surface area (Å²) in [5.74, 6) is -1.51. The zero-order valence-corrected chi connectivity index (χ0v) is 17.4. The summed E-state index contributed by atoms with van der Waals surface area (Å²) in [7, 11) is 1.38. The Balaban J connectivity index is 2.19. The first-order valence-corrected chi connectivity index (χ1v) is 9.33. The Morgan fingerprint density at radius 3 is 2.27 bits per heavy atom. The fraction of sp³-hybridized carbons (Fsp3) is 0.333. The predicted octanol–water partition coefficient (Wildman–Crippen LogP) is 5.78. The summed E-state index contributed by atoms with van der Waals surface area (Å²) in [5.41, 5.74) is -1.49. The maximum atomic E-state index is 13.3. The molecule has 5 nitrogen and oxygen atoms in total. The molecule has 1 aliphatic heterocycles. The minimum absolute atomic E-state index is 0.175. The van der Waals surface area contributed by atoms with Gasteiger partial charge >= 0.3 is 12.3 Å². The van der Waals surface area contributed by atoms with E-state index < -0.39 is 35.3 Å². The van der Waals surface area contributed by atoms with Gasteiger partial charge in [0.05, 0.1) is 24.3 Å². The van der Waals surface area contributed by atoms with Gasteiger partial charge in [-0.15, -0.1) is 0 Å². The summed E-state index contributed by atoms with van der Waals surface area (Å²) in [5, 5.41) is 0.359. The molecule has 160 valence electrons. The van der Waals surface area contributed by atoms with Gasteiger partial charge in [-0.05, 0) is 50.6 Å². The lowest BCUT2D eigenvalue weighted by Gasteiger charge is -2.24. The number of rotatable bonds is 2. The molecule has 1 atom stereocenters. The second-order valence-corrected chi connectivity index (χ2v) is 8.18. The summed E-state index contributed by atoms with van der Waals surface area (Å²) in [6.07, 6.45) is -5.70. The first-order valence-electron chi connectivity index (χ1n) is 8.95. The molecule has 0 saturated carbocycles. The average molecular weight is 442 g/mol. The number of ether oxygens (including phenoxy) is 2. The van der Waals surface area contributed by atoms with Crippen LogP contribution in [0.4, 0.5) is 23.7 Å². The highest BCUT2D eigenvalue weighted by Crippen LogP contribution is 2.46. The van der Waals surface area contributed by atoms with E-state index in [0.717, 1.165) is 12.1 Å². The summed E-state index contributed by atoms with van der Waals surface area (Å²) in [6, 6.07) is 7.42. The Hall–Kier alpha value is -2.74. The van der Waals surface area contributed by atoms with Gasteiger partial charge in [-0.25, -0.2) is 9.69 Å². The van der Waals surface area contributed by atoms with Crippen LogP contribution < -0.4 is 9.64 Å². The Labute approximate surface area is 176 Å². The minimum atomic E-state index is -4.65. The van der Waals surface area contributed by atoms with Crippen molar-refractivity contribution >= 4 is 29.3 Å². The van der Waals surface area contributed by atoms with Crippen LogP contribution >= 0.6 is 11.6 Å². The van der Waals surface area contributed by atoms with Crippen molar-refractivity contribution in [2.24, 2.45) is 0 Å². The minimum Gasteiger partial charge on any atom is -0.496 e. The molecule has 2 aromatic rings. The molecule has 0 N–H and O–H groups in total. The summed E-state index contributed by atoms with van der Waals surface area (Å²) >= 11 is 5.99. The predicted molar refractivity (Wildman–Crippen MR) is 105 cm³/mol. The number of halogens is 4. The van der Waals surface area contributed by atoms with Crippen LogP contribution in [0.15, 0.2) is 36.4 Å². The first kappa shape index (κ1) is 22.0. The smallest absolute Gasteiger partial charge is 0.421 e. The number of fused-ring (bicyclic) bond motifs is 1. The van der Waals surface area contributed by atoms with E-state index in [9.17, 15) is 22.8 Å². The Kier molecular flexibility index (Phi) is 5.49. The van der Waals surface area contributed by atoms with Gasteiger partial charge in [0, 0.05) is 10.6 Å². The van der Waals surface area contributed by atoms with Gasteiger partial charge in [0.15, 0.2) is 0 Å². The highest BCUT2D eigenvalue weighted by Gasteiger charge is 2.46.